The van der Waals surface area contributed by atoms with E-state index in [-0.39, 0.29) is 0 Å². The van der Waals surface area contributed by atoms with Gasteiger partial charge in [-0.3, -0.25) is 0 Å². The Morgan fingerprint density at radius 2 is 2.11 bits per heavy atom. The summed E-state index contributed by atoms with van der Waals surface area (Å²) in [7, 11) is 0. The van der Waals surface area contributed by atoms with Crippen molar-refractivity contribution in [1.82, 2.24) is 4.98 Å². The van der Waals surface area contributed by atoms with Crippen molar-refractivity contribution in [2.24, 2.45) is 5.73 Å². The van der Waals surface area contributed by atoms with Gasteiger partial charge in [-0.1, -0.05) is 37.6 Å². The molecule has 0 radical (unpaired) electrons. The van der Waals surface area contributed by atoms with Crippen LogP contribution in [0.4, 0.5) is 0 Å². The topological polar surface area (TPSA) is 38.9 Å². The molecule has 0 bridgehead atoms. The second-order valence-corrected chi connectivity index (χ2v) is 7.09. The van der Waals surface area contributed by atoms with Gasteiger partial charge in [0, 0.05) is 16.3 Å². The fraction of sp³-hybridized carbons (Fsp3) is 0.357. The molecule has 5 heteroatoms. The van der Waals surface area contributed by atoms with E-state index in [9.17, 15) is 0 Å². The Morgan fingerprint density at radius 3 is 2.68 bits per heavy atom. The molecule has 0 saturated heterocycles. The standard InChI is InChI=1S/C14H17ClN2S2/c1-9(2)14-12(7-16)19-13(17-14)8-18-11-6-4-3-5-10(11)15/h3-6,9H,7-8,16H2,1-2H3. The van der Waals surface area contributed by atoms with Crippen LogP contribution in [0.5, 0.6) is 0 Å². The Morgan fingerprint density at radius 1 is 1.37 bits per heavy atom. The van der Waals surface area contributed by atoms with Gasteiger partial charge in [0.25, 0.3) is 0 Å². The van der Waals surface area contributed by atoms with E-state index >= 15 is 0 Å². The number of rotatable bonds is 5. The number of nitrogens with zero attached hydrogens (tertiary/aromatic N) is 1. The van der Waals surface area contributed by atoms with Crippen LogP contribution < -0.4 is 5.73 Å². The SMILES string of the molecule is CC(C)c1nc(CSc2ccccc2Cl)sc1CN. The lowest BCUT2D eigenvalue weighted by Crippen LogP contribution is -1.99. The number of nitrogens with two attached hydrogens (primary N) is 1. The molecular formula is C14H17ClN2S2. The minimum Gasteiger partial charge on any atom is -0.326 e. The molecular weight excluding hydrogens is 296 g/mol. The highest BCUT2D eigenvalue weighted by molar-refractivity contribution is 7.98. The van der Waals surface area contributed by atoms with Gasteiger partial charge in [-0.05, 0) is 18.1 Å². The Kier molecular flexibility index (Phi) is 5.28. The van der Waals surface area contributed by atoms with Crippen LogP contribution in [-0.2, 0) is 12.3 Å². The summed E-state index contributed by atoms with van der Waals surface area (Å²) in [5.41, 5.74) is 6.92. The van der Waals surface area contributed by atoms with Gasteiger partial charge >= 0.3 is 0 Å². The molecule has 19 heavy (non-hydrogen) atoms. The third kappa shape index (κ3) is 3.72. The van der Waals surface area contributed by atoms with E-state index in [2.05, 4.69) is 13.8 Å². The van der Waals surface area contributed by atoms with Crippen molar-refractivity contribution in [1.29, 1.82) is 0 Å². The molecule has 102 valence electrons. The number of thiazole rings is 1. The van der Waals surface area contributed by atoms with Crippen LogP contribution >= 0.6 is 34.7 Å². The molecule has 0 atom stereocenters. The lowest BCUT2D eigenvalue weighted by Gasteiger charge is -2.02. The Bertz CT molecular complexity index is 552. The maximum atomic E-state index is 6.15. The number of aromatic nitrogens is 1. The number of hydrogen-bond acceptors (Lipinski definition) is 4. The van der Waals surface area contributed by atoms with Crippen molar-refractivity contribution in [2.75, 3.05) is 0 Å². The lowest BCUT2D eigenvalue weighted by atomic mass is 10.1. The summed E-state index contributed by atoms with van der Waals surface area (Å²) < 4.78 is 0. The number of thioether (sulfide) groups is 1. The van der Waals surface area contributed by atoms with E-state index < -0.39 is 0 Å². The molecule has 1 heterocycles. The van der Waals surface area contributed by atoms with E-state index in [4.69, 9.17) is 22.3 Å². The summed E-state index contributed by atoms with van der Waals surface area (Å²) in [4.78, 5) is 7.00. The van der Waals surface area contributed by atoms with Gasteiger partial charge in [-0.2, -0.15) is 0 Å². The molecule has 0 spiro atoms. The van der Waals surface area contributed by atoms with Crippen LogP contribution in [0.3, 0.4) is 0 Å². The maximum absolute atomic E-state index is 6.15. The summed E-state index contributed by atoms with van der Waals surface area (Å²) in [6.45, 7) is 4.88. The van der Waals surface area contributed by atoms with Crippen LogP contribution in [0, 0.1) is 0 Å². The number of benzene rings is 1. The molecule has 0 aliphatic rings. The van der Waals surface area contributed by atoms with Gasteiger partial charge in [0.2, 0.25) is 0 Å². The zero-order valence-electron chi connectivity index (χ0n) is 11.0. The fourth-order valence-electron chi connectivity index (χ4n) is 1.77. The first-order chi connectivity index (χ1) is 9.11. The van der Waals surface area contributed by atoms with Crippen molar-refractivity contribution in [3.05, 3.63) is 44.9 Å². The second kappa shape index (κ2) is 6.75. The van der Waals surface area contributed by atoms with E-state index in [0.717, 1.165) is 26.4 Å². The van der Waals surface area contributed by atoms with Crippen LogP contribution in [-0.4, -0.2) is 4.98 Å². The predicted molar refractivity (Wildman–Crippen MR) is 85.1 cm³/mol. The van der Waals surface area contributed by atoms with Gasteiger partial charge in [-0.15, -0.1) is 23.1 Å². The monoisotopic (exact) mass is 312 g/mol. The zero-order valence-corrected chi connectivity index (χ0v) is 13.4. The highest BCUT2D eigenvalue weighted by atomic mass is 35.5. The van der Waals surface area contributed by atoms with Gasteiger partial charge in [0.15, 0.2) is 0 Å². The maximum Gasteiger partial charge on any atom is 0.103 e. The van der Waals surface area contributed by atoms with Crippen LogP contribution in [0.2, 0.25) is 5.02 Å². The molecule has 0 fully saturated rings. The van der Waals surface area contributed by atoms with Gasteiger partial charge < -0.3 is 5.73 Å². The molecule has 0 aliphatic heterocycles. The molecule has 1 aromatic heterocycles. The zero-order chi connectivity index (χ0) is 13.8. The summed E-state index contributed by atoms with van der Waals surface area (Å²) in [5.74, 6) is 1.27. The fourth-order valence-corrected chi connectivity index (χ4v) is 4.11. The largest absolute Gasteiger partial charge is 0.326 e. The van der Waals surface area contributed by atoms with Gasteiger partial charge in [0.05, 0.1) is 16.5 Å². The van der Waals surface area contributed by atoms with Gasteiger partial charge in [-0.25, -0.2) is 4.98 Å². The molecule has 2 rings (SSSR count). The highest BCUT2D eigenvalue weighted by Gasteiger charge is 2.13. The Balaban J connectivity index is 2.10. The molecule has 1 aromatic carbocycles. The minimum absolute atomic E-state index is 0.425. The average molecular weight is 313 g/mol. The first-order valence-electron chi connectivity index (χ1n) is 6.17. The number of hydrogen-bond donors (Lipinski definition) is 1. The molecule has 0 saturated carbocycles. The molecule has 0 amide bonds. The highest BCUT2D eigenvalue weighted by Crippen LogP contribution is 2.32. The lowest BCUT2D eigenvalue weighted by molar-refractivity contribution is 0.808. The molecule has 2 nitrogen and oxygen atoms in total. The molecule has 0 unspecified atom stereocenters. The third-order valence-corrected chi connectivity index (χ3v) is 5.49. The van der Waals surface area contributed by atoms with Crippen molar-refractivity contribution in [2.45, 2.75) is 37.0 Å². The van der Waals surface area contributed by atoms with Crippen molar-refractivity contribution < 1.29 is 0 Å². The van der Waals surface area contributed by atoms with Crippen LogP contribution in [0.25, 0.3) is 0 Å². The molecule has 0 aliphatic carbocycles. The van der Waals surface area contributed by atoms with E-state index in [1.165, 1.54) is 4.88 Å². The molecule has 2 aromatic rings. The average Bonchev–Trinajstić information content (AvgIpc) is 2.81. The van der Waals surface area contributed by atoms with E-state index in [1.54, 1.807) is 23.1 Å². The minimum atomic E-state index is 0.425. The summed E-state index contributed by atoms with van der Waals surface area (Å²) in [6, 6.07) is 7.89. The van der Waals surface area contributed by atoms with E-state index in [1.807, 2.05) is 24.3 Å². The second-order valence-electron chi connectivity index (χ2n) is 4.49. The van der Waals surface area contributed by atoms with E-state index in [0.29, 0.717) is 12.5 Å². The summed E-state index contributed by atoms with van der Waals surface area (Å²) in [5, 5.41) is 1.92. The van der Waals surface area contributed by atoms with Crippen molar-refractivity contribution >= 4 is 34.7 Å². The first kappa shape index (κ1) is 14.9. The van der Waals surface area contributed by atoms with Crippen LogP contribution in [0.15, 0.2) is 29.2 Å². The smallest absolute Gasteiger partial charge is 0.103 e. The predicted octanol–water partition coefficient (Wildman–Crippen LogP) is 4.67. The Hall–Kier alpha value is -0.550. The normalized spacial score (nSPS) is 11.2. The van der Waals surface area contributed by atoms with Crippen LogP contribution in [0.1, 0.15) is 35.3 Å². The van der Waals surface area contributed by atoms with Gasteiger partial charge in [0.1, 0.15) is 5.01 Å². The van der Waals surface area contributed by atoms with Crippen molar-refractivity contribution in [3.63, 3.8) is 0 Å². The Labute approximate surface area is 127 Å². The first-order valence-corrected chi connectivity index (χ1v) is 8.35. The molecule has 2 N–H and O–H groups in total. The van der Waals surface area contributed by atoms with Crippen molar-refractivity contribution in [3.8, 4) is 0 Å². The number of halogens is 1. The third-order valence-electron chi connectivity index (χ3n) is 2.69. The summed E-state index contributed by atoms with van der Waals surface area (Å²) >= 11 is 9.58. The summed E-state index contributed by atoms with van der Waals surface area (Å²) in [6.07, 6.45) is 0. The quantitative estimate of drug-likeness (QED) is 0.815.